The molecule has 0 saturated carbocycles. The standard InChI is InChI=1S/C9H11IN4S/c1-3-6-5-7(14(4-2)13-6)8-11-12-9(10)15-8/h5H,3-4H2,1-2H3. The van der Waals surface area contributed by atoms with E-state index >= 15 is 0 Å². The van der Waals surface area contributed by atoms with Crippen LogP contribution in [0, 0.1) is 3.01 Å². The van der Waals surface area contributed by atoms with Gasteiger partial charge in [-0.1, -0.05) is 18.3 Å². The molecule has 4 nitrogen and oxygen atoms in total. The smallest absolute Gasteiger partial charge is 0.178 e. The van der Waals surface area contributed by atoms with Crippen LogP contribution < -0.4 is 0 Å². The second-order valence-electron chi connectivity index (χ2n) is 3.05. The third kappa shape index (κ3) is 2.20. The summed E-state index contributed by atoms with van der Waals surface area (Å²) in [6.45, 7) is 5.06. The van der Waals surface area contributed by atoms with Crippen molar-refractivity contribution < 1.29 is 0 Å². The van der Waals surface area contributed by atoms with Crippen LogP contribution in [0.25, 0.3) is 10.7 Å². The van der Waals surface area contributed by atoms with Crippen molar-refractivity contribution in [3.63, 3.8) is 0 Å². The highest BCUT2D eigenvalue weighted by Crippen LogP contribution is 2.25. The summed E-state index contributed by atoms with van der Waals surface area (Å²) in [4.78, 5) is 0. The first kappa shape index (κ1) is 11.0. The summed E-state index contributed by atoms with van der Waals surface area (Å²) in [6.07, 6.45) is 0.954. The second kappa shape index (κ2) is 4.56. The Kier molecular flexibility index (Phi) is 3.35. The molecular weight excluding hydrogens is 323 g/mol. The van der Waals surface area contributed by atoms with Crippen LogP contribution in [0.15, 0.2) is 6.07 Å². The number of hydrogen-bond donors (Lipinski definition) is 0. The van der Waals surface area contributed by atoms with Crippen molar-refractivity contribution in [3.8, 4) is 10.7 Å². The number of aromatic nitrogens is 4. The number of halogens is 1. The SMILES string of the molecule is CCc1cc(-c2nnc(I)s2)n(CC)n1. The van der Waals surface area contributed by atoms with Gasteiger partial charge in [-0.3, -0.25) is 4.68 Å². The number of rotatable bonds is 3. The maximum atomic E-state index is 4.49. The maximum Gasteiger partial charge on any atom is 0.178 e. The van der Waals surface area contributed by atoms with E-state index in [1.807, 2.05) is 4.68 Å². The third-order valence-corrected chi connectivity index (χ3v) is 3.72. The second-order valence-corrected chi connectivity index (χ2v) is 5.78. The predicted molar refractivity (Wildman–Crippen MR) is 68.9 cm³/mol. The van der Waals surface area contributed by atoms with E-state index in [9.17, 15) is 0 Å². The Morgan fingerprint density at radius 2 is 2.20 bits per heavy atom. The quantitative estimate of drug-likeness (QED) is 0.811. The van der Waals surface area contributed by atoms with E-state index in [1.165, 1.54) is 0 Å². The van der Waals surface area contributed by atoms with Crippen molar-refractivity contribution in [1.29, 1.82) is 0 Å². The van der Waals surface area contributed by atoms with Gasteiger partial charge in [-0.05, 0) is 42.0 Å². The van der Waals surface area contributed by atoms with Crippen molar-refractivity contribution in [2.24, 2.45) is 0 Å². The van der Waals surface area contributed by atoms with Crippen LogP contribution in [-0.2, 0) is 13.0 Å². The lowest BCUT2D eigenvalue weighted by atomic mass is 10.3. The van der Waals surface area contributed by atoms with Crippen LogP contribution in [0.1, 0.15) is 19.5 Å². The largest absolute Gasteiger partial charge is 0.262 e. The van der Waals surface area contributed by atoms with Crippen molar-refractivity contribution in [2.75, 3.05) is 0 Å². The lowest BCUT2D eigenvalue weighted by Gasteiger charge is -1.98. The van der Waals surface area contributed by atoms with E-state index in [2.05, 4.69) is 57.8 Å². The summed E-state index contributed by atoms with van der Waals surface area (Å²) in [7, 11) is 0. The molecule has 0 amide bonds. The van der Waals surface area contributed by atoms with Gasteiger partial charge < -0.3 is 0 Å². The highest BCUT2D eigenvalue weighted by molar-refractivity contribution is 14.1. The lowest BCUT2D eigenvalue weighted by Crippen LogP contribution is -1.99. The molecule has 0 fully saturated rings. The Bertz CT molecular complexity index is 462. The van der Waals surface area contributed by atoms with Crippen LogP contribution in [0.4, 0.5) is 0 Å². The van der Waals surface area contributed by atoms with Crippen LogP contribution in [0.3, 0.4) is 0 Å². The van der Waals surface area contributed by atoms with E-state index in [-0.39, 0.29) is 0 Å². The van der Waals surface area contributed by atoms with Crippen LogP contribution in [-0.4, -0.2) is 20.0 Å². The topological polar surface area (TPSA) is 43.6 Å². The van der Waals surface area contributed by atoms with Crippen molar-refractivity contribution >= 4 is 33.9 Å². The average Bonchev–Trinajstić information content (AvgIpc) is 2.82. The molecule has 15 heavy (non-hydrogen) atoms. The molecule has 0 radical (unpaired) electrons. The highest BCUT2D eigenvalue weighted by Gasteiger charge is 2.12. The van der Waals surface area contributed by atoms with Gasteiger partial charge in [0.25, 0.3) is 0 Å². The molecule has 0 atom stereocenters. The first-order valence-corrected chi connectivity index (χ1v) is 6.70. The lowest BCUT2D eigenvalue weighted by molar-refractivity contribution is 0.654. The van der Waals surface area contributed by atoms with Gasteiger partial charge in [-0.25, -0.2) is 0 Å². The van der Waals surface area contributed by atoms with Gasteiger partial charge in [0.15, 0.2) is 8.02 Å². The van der Waals surface area contributed by atoms with Gasteiger partial charge in [0.2, 0.25) is 0 Å². The average molecular weight is 334 g/mol. The minimum Gasteiger partial charge on any atom is -0.262 e. The van der Waals surface area contributed by atoms with Crippen LogP contribution in [0.5, 0.6) is 0 Å². The Morgan fingerprint density at radius 3 is 2.73 bits per heavy atom. The molecule has 2 aromatic heterocycles. The predicted octanol–water partition coefficient (Wildman–Crippen LogP) is 2.59. The van der Waals surface area contributed by atoms with E-state index in [0.717, 1.165) is 32.4 Å². The molecule has 2 aromatic rings. The molecule has 0 bridgehead atoms. The molecule has 0 spiro atoms. The zero-order valence-electron chi connectivity index (χ0n) is 8.57. The van der Waals surface area contributed by atoms with Gasteiger partial charge in [0, 0.05) is 6.54 Å². The molecule has 0 aliphatic rings. The summed E-state index contributed by atoms with van der Waals surface area (Å²) < 4.78 is 2.94. The van der Waals surface area contributed by atoms with Gasteiger partial charge >= 0.3 is 0 Å². The fraction of sp³-hybridized carbons (Fsp3) is 0.444. The summed E-state index contributed by atoms with van der Waals surface area (Å²) >= 11 is 3.78. The minimum atomic E-state index is 0.867. The molecule has 0 saturated heterocycles. The summed E-state index contributed by atoms with van der Waals surface area (Å²) in [5.74, 6) is 0. The molecule has 0 aromatic carbocycles. The number of hydrogen-bond acceptors (Lipinski definition) is 4. The molecule has 0 aliphatic heterocycles. The van der Waals surface area contributed by atoms with Gasteiger partial charge in [-0.15, -0.1) is 10.2 Å². The van der Waals surface area contributed by atoms with Crippen molar-refractivity contribution in [1.82, 2.24) is 20.0 Å². The molecule has 2 heterocycles. The highest BCUT2D eigenvalue weighted by atomic mass is 127. The molecule has 0 aliphatic carbocycles. The van der Waals surface area contributed by atoms with E-state index < -0.39 is 0 Å². The molecular formula is C9H11IN4S. The molecule has 2 rings (SSSR count). The monoisotopic (exact) mass is 334 g/mol. The maximum absolute atomic E-state index is 4.49. The Hall–Kier alpha value is -0.500. The Balaban J connectivity index is 2.46. The minimum absolute atomic E-state index is 0.867. The Morgan fingerprint density at radius 1 is 1.40 bits per heavy atom. The zero-order chi connectivity index (χ0) is 10.8. The van der Waals surface area contributed by atoms with Gasteiger partial charge in [0.05, 0.1) is 11.4 Å². The number of nitrogens with zero attached hydrogens (tertiary/aromatic N) is 4. The fourth-order valence-corrected chi connectivity index (χ4v) is 2.69. The van der Waals surface area contributed by atoms with Crippen molar-refractivity contribution in [2.45, 2.75) is 26.8 Å². The summed E-state index contributed by atoms with van der Waals surface area (Å²) in [5.41, 5.74) is 2.19. The summed E-state index contributed by atoms with van der Waals surface area (Å²) in [5, 5.41) is 13.6. The molecule has 0 unspecified atom stereocenters. The summed E-state index contributed by atoms with van der Waals surface area (Å²) in [6, 6.07) is 2.10. The first-order valence-electron chi connectivity index (χ1n) is 4.80. The zero-order valence-corrected chi connectivity index (χ0v) is 11.5. The fourth-order valence-electron chi connectivity index (χ4n) is 1.36. The molecule has 80 valence electrons. The van der Waals surface area contributed by atoms with E-state index in [4.69, 9.17) is 0 Å². The number of aryl methyl sites for hydroxylation is 2. The van der Waals surface area contributed by atoms with E-state index in [1.54, 1.807) is 11.3 Å². The van der Waals surface area contributed by atoms with E-state index in [0.29, 0.717) is 0 Å². The third-order valence-electron chi connectivity index (χ3n) is 2.11. The van der Waals surface area contributed by atoms with Gasteiger partial charge in [-0.2, -0.15) is 5.10 Å². The van der Waals surface area contributed by atoms with Crippen LogP contribution in [0.2, 0.25) is 0 Å². The van der Waals surface area contributed by atoms with Crippen LogP contribution >= 0.6 is 33.9 Å². The first-order chi connectivity index (χ1) is 7.24. The Labute approximate surface area is 106 Å². The molecule has 6 heteroatoms. The van der Waals surface area contributed by atoms with Crippen molar-refractivity contribution in [3.05, 3.63) is 14.8 Å². The normalized spacial score (nSPS) is 10.9. The van der Waals surface area contributed by atoms with Gasteiger partial charge in [0.1, 0.15) is 0 Å². The molecule has 0 N–H and O–H groups in total.